The molecule has 0 aliphatic carbocycles. The van der Waals surface area contributed by atoms with Crippen LogP contribution < -0.4 is 9.44 Å². The quantitative estimate of drug-likeness (QED) is 0.575. The van der Waals surface area contributed by atoms with Crippen LogP contribution in [0, 0.1) is 5.92 Å². The summed E-state index contributed by atoms with van der Waals surface area (Å²) in [6.45, 7) is 5.29. The lowest BCUT2D eigenvalue weighted by Crippen LogP contribution is -2.40. The van der Waals surface area contributed by atoms with Gasteiger partial charge in [-0.3, -0.25) is 0 Å². The highest BCUT2D eigenvalue weighted by atomic mass is 32.2. The van der Waals surface area contributed by atoms with Crippen molar-refractivity contribution < 1.29 is 13.2 Å². The van der Waals surface area contributed by atoms with Gasteiger partial charge >= 0.3 is 0 Å². The molecule has 0 atom stereocenters. The van der Waals surface area contributed by atoms with Gasteiger partial charge in [-0.2, -0.15) is 13.1 Å². The number of hydrogen-bond donors (Lipinski definition) is 2. The van der Waals surface area contributed by atoms with Crippen molar-refractivity contribution in [3.8, 4) is 0 Å². The first-order valence-electron chi connectivity index (χ1n) is 5.28. The Morgan fingerprint density at radius 1 is 1.20 bits per heavy atom. The van der Waals surface area contributed by atoms with Crippen molar-refractivity contribution in [1.29, 1.82) is 0 Å². The van der Waals surface area contributed by atoms with Crippen molar-refractivity contribution in [3.05, 3.63) is 0 Å². The molecule has 6 heteroatoms. The predicted molar refractivity (Wildman–Crippen MR) is 60.9 cm³/mol. The lowest BCUT2D eigenvalue weighted by molar-refractivity contribution is 0.204. The molecule has 92 valence electrons. The molecule has 0 heterocycles. The average Bonchev–Trinajstić information content (AvgIpc) is 2.19. The van der Waals surface area contributed by atoms with Crippen LogP contribution in [0.15, 0.2) is 0 Å². The second-order valence-corrected chi connectivity index (χ2v) is 5.01. The average molecular weight is 238 g/mol. The standard InChI is InChI=1S/C9H22N2O3S/c1-4-9(5-2)8-11-15(12,13)10-6-7-14-3/h9-11H,4-8H2,1-3H3. The van der Waals surface area contributed by atoms with E-state index >= 15 is 0 Å². The van der Waals surface area contributed by atoms with Crippen LogP contribution in [0.25, 0.3) is 0 Å². The van der Waals surface area contributed by atoms with Crippen molar-refractivity contribution in [2.45, 2.75) is 26.7 Å². The van der Waals surface area contributed by atoms with E-state index in [0.29, 0.717) is 25.6 Å². The van der Waals surface area contributed by atoms with Gasteiger partial charge in [0.25, 0.3) is 10.2 Å². The van der Waals surface area contributed by atoms with Gasteiger partial charge in [-0.25, -0.2) is 4.72 Å². The highest BCUT2D eigenvalue weighted by Gasteiger charge is 2.11. The lowest BCUT2D eigenvalue weighted by atomic mass is 10.0. The minimum Gasteiger partial charge on any atom is -0.383 e. The molecule has 0 saturated carbocycles. The number of methoxy groups -OCH3 is 1. The minimum atomic E-state index is -3.35. The largest absolute Gasteiger partial charge is 0.383 e. The van der Waals surface area contributed by atoms with E-state index in [1.165, 1.54) is 7.11 Å². The van der Waals surface area contributed by atoms with E-state index in [4.69, 9.17) is 4.74 Å². The maximum Gasteiger partial charge on any atom is 0.276 e. The zero-order chi connectivity index (χ0) is 11.7. The van der Waals surface area contributed by atoms with Crippen LogP contribution in [0.3, 0.4) is 0 Å². The van der Waals surface area contributed by atoms with Crippen LogP contribution in [0.1, 0.15) is 26.7 Å². The second kappa shape index (κ2) is 8.04. The van der Waals surface area contributed by atoms with E-state index in [2.05, 4.69) is 23.3 Å². The highest BCUT2D eigenvalue weighted by molar-refractivity contribution is 7.87. The van der Waals surface area contributed by atoms with Crippen molar-refractivity contribution in [2.75, 3.05) is 26.8 Å². The summed E-state index contributed by atoms with van der Waals surface area (Å²) >= 11 is 0. The molecule has 0 rings (SSSR count). The van der Waals surface area contributed by atoms with Crippen molar-refractivity contribution in [3.63, 3.8) is 0 Å². The third-order valence-electron chi connectivity index (χ3n) is 2.31. The molecular formula is C9H22N2O3S. The van der Waals surface area contributed by atoms with Crippen molar-refractivity contribution in [1.82, 2.24) is 9.44 Å². The smallest absolute Gasteiger partial charge is 0.276 e. The summed E-state index contributed by atoms with van der Waals surface area (Å²) in [6, 6.07) is 0. The molecule has 5 nitrogen and oxygen atoms in total. The Labute approximate surface area is 92.8 Å². The summed E-state index contributed by atoms with van der Waals surface area (Å²) in [6.07, 6.45) is 1.97. The maximum absolute atomic E-state index is 11.4. The predicted octanol–water partition coefficient (Wildman–Crippen LogP) is 0.493. The highest BCUT2D eigenvalue weighted by Crippen LogP contribution is 2.05. The third-order valence-corrected chi connectivity index (χ3v) is 3.45. The number of rotatable bonds is 9. The number of nitrogens with one attached hydrogen (secondary N) is 2. The van der Waals surface area contributed by atoms with E-state index < -0.39 is 10.2 Å². The normalized spacial score (nSPS) is 12.3. The summed E-state index contributed by atoms with van der Waals surface area (Å²) in [7, 11) is -1.82. The summed E-state index contributed by atoms with van der Waals surface area (Å²) in [5, 5.41) is 0. The van der Waals surface area contributed by atoms with Crippen LogP contribution >= 0.6 is 0 Å². The summed E-state index contributed by atoms with van der Waals surface area (Å²) in [5.74, 6) is 0.406. The van der Waals surface area contributed by atoms with E-state index in [-0.39, 0.29) is 0 Å². The maximum atomic E-state index is 11.4. The molecule has 0 spiro atoms. The molecule has 0 aromatic rings. The molecule has 15 heavy (non-hydrogen) atoms. The molecule has 0 saturated heterocycles. The molecule has 2 N–H and O–H groups in total. The van der Waals surface area contributed by atoms with Crippen LogP contribution in [-0.4, -0.2) is 35.2 Å². The van der Waals surface area contributed by atoms with Gasteiger partial charge in [0.15, 0.2) is 0 Å². The summed E-state index contributed by atoms with van der Waals surface area (Å²) in [4.78, 5) is 0. The van der Waals surface area contributed by atoms with Gasteiger partial charge in [0.05, 0.1) is 6.61 Å². The van der Waals surface area contributed by atoms with Gasteiger partial charge in [-0.05, 0) is 5.92 Å². The first-order chi connectivity index (χ1) is 7.05. The van der Waals surface area contributed by atoms with E-state index in [1.54, 1.807) is 0 Å². The first kappa shape index (κ1) is 14.8. The Morgan fingerprint density at radius 3 is 2.27 bits per heavy atom. The van der Waals surface area contributed by atoms with Gasteiger partial charge in [-0.1, -0.05) is 26.7 Å². The van der Waals surface area contributed by atoms with E-state index in [9.17, 15) is 8.42 Å². The molecule has 0 aliphatic rings. The van der Waals surface area contributed by atoms with Gasteiger partial charge in [0, 0.05) is 20.2 Å². The fraction of sp³-hybridized carbons (Fsp3) is 1.00. The Bertz CT molecular complexity index is 238. The van der Waals surface area contributed by atoms with Crippen LogP contribution in [-0.2, 0) is 14.9 Å². The fourth-order valence-corrected chi connectivity index (χ4v) is 2.04. The SMILES string of the molecule is CCC(CC)CNS(=O)(=O)NCCOC. The molecule has 0 aromatic heterocycles. The Balaban J connectivity index is 3.82. The lowest BCUT2D eigenvalue weighted by Gasteiger charge is -2.13. The van der Waals surface area contributed by atoms with Crippen LogP contribution in [0.2, 0.25) is 0 Å². The topological polar surface area (TPSA) is 67.4 Å². The molecular weight excluding hydrogens is 216 g/mol. The summed E-state index contributed by atoms with van der Waals surface area (Å²) < 4.78 is 32.4. The molecule has 0 amide bonds. The molecule has 0 radical (unpaired) electrons. The Kier molecular flexibility index (Phi) is 7.95. The monoisotopic (exact) mass is 238 g/mol. The van der Waals surface area contributed by atoms with Gasteiger partial charge < -0.3 is 4.74 Å². The molecule has 0 aromatic carbocycles. The van der Waals surface area contributed by atoms with Crippen LogP contribution in [0.4, 0.5) is 0 Å². The Morgan fingerprint density at radius 2 is 1.80 bits per heavy atom. The number of ether oxygens (including phenoxy) is 1. The third kappa shape index (κ3) is 7.72. The van der Waals surface area contributed by atoms with Gasteiger partial charge in [-0.15, -0.1) is 0 Å². The Hall–Kier alpha value is -0.170. The van der Waals surface area contributed by atoms with Crippen LogP contribution in [0.5, 0.6) is 0 Å². The minimum absolute atomic E-state index is 0.300. The van der Waals surface area contributed by atoms with Gasteiger partial charge in [0.2, 0.25) is 0 Å². The molecule has 0 unspecified atom stereocenters. The second-order valence-electron chi connectivity index (χ2n) is 3.42. The first-order valence-corrected chi connectivity index (χ1v) is 6.77. The zero-order valence-corrected chi connectivity index (χ0v) is 10.6. The zero-order valence-electron chi connectivity index (χ0n) is 9.75. The molecule has 0 fully saturated rings. The van der Waals surface area contributed by atoms with Crippen molar-refractivity contribution >= 4 is 10.2 Å². The molecule has 0 bridgehead atoms. The van der Waals surface area contributed by atoms with E-state index in [0.717, 1.165) is 12.8 Å². The van der Waals surface area contributed by atoms with Gasteiger partial charge in [0.1, 0.15) is 0 Å². The van der Waals surface area contributed by atoms with Crippen molar-refractivity contribution in [2.24, 2.45) is 5.92 Å². The fourth-order valence-electron chi connectivity index (χ4n) is 1.13. The number of hydrogen-bond acceptors (Lipinski definition) is 3. The molecule has 0 aliphatic heterocycles. The van der Waals surface area contributed by atoms with E-state index in [1.807, 2.05) is 0 Å². The summed E-state index contributed by atoms with van der Waals surface area (Å²) in [5.41, 5.74) is 0.